The Morgan fingerprint density at radius 1 is 1.10 bits per heavy atom. The van der Waals surface area contributed by atoms with Crippen molar-refractivity contribution in [2.24, 2.45) is 0 Å². The van der Waals surface area contributed by atoms with Crippen LogP contribution < -0.4 is 10.6 Å². The molecule has 3 rings (SSSR count). The number of carbonyl (C=O) groups excluding carboxylic acids is 2. The molecule has 0 radical (unpaired) electrons. The third kappa shape index (κ3) is 6.15. The Labute approximate surface area is 169 Å². The van der Waals surface area contributed by atoms with Crippen molar-refractivity contribution in [3.8, 4) is 0 Å². The fraction of sp³-hybridized carbons (Fsp3) is 0.273. The van der Waals surface area contributed by atoms with E-state index in [4.69, 9.17) is 4.74 Å². The van der Waals surface area contributed by atoms with Crippen LogP contribution in [0.2, 0.25) is 0 Å². The molecule has 2 aromatic carbocycles. The summed E-state index contributed by atoms with van der Waals surface area (Å²) in [5.41, 5.74) is 2.98. The van der Waals surface area contributed by atoms with Crippen LogP contribution in [0.3, 0.4) is 0 Å². The second-order valence-electron chi connectivity index (χ2n) is 6.88. The SMILES string of the molecule is CN(CC1=CCCOC1)C(=O)NCc1ccc(C(=O)Nc2ccc(F)cc2)cc1. The van der Waals surface area contributed by atoms with Gasteiger partial charge in [0, 0.05) is 31.4 Å². The maximum Gasteiger partial charge on any atom is 0.317 e. The predicted molar refractivity (Wildman–Crippen MR) is 109 cm³/mol. The minimum atomic E-state index is -0.358. The monoisotopic (exact) mass is 397 g/mol. The number of nitrogens with one attached hydrogen (secondary N) is 2. The summed E-state index contributed by atoms with van der Waals surface area (Å²) in [5.74, 6) is -0.640. The molecule has 2 N–H and O–H groups in total. The molecule has 0 aromatic heterocycles. The number of carbonyl (C=O) groups is 2. The Kier molecular flexibility index (Phi) is 6.97. The van der Waals surface area contributed by atoms with E-state index in [1.807, 2.05) is 0 Å². The Balaban J connectivity index is 1.48. The Bertz CT molecular complexity index is 879. The van der Waals surface area contributed by atoms with Gasteiger partial charge in [0.25, 0.3) is 5.91 Å². The van der Waals surface area contributed by atoms with Crippen LogP contribution in [0.1, 0.15) is 22.3 Å². The van der Waals surface area contributed by atoms with Gasteiger partial charge >= 0.3 is 6.03 Å². The van der Waals surface area contributed by atoms with Crippen molar-refractivity contribution in [3.63, 3.8) is 0 Å². The second-order valence-corrected chi connectivity index (χ2v) is 6.88. The highest BCUT2D eigenvalue weighted by molar-refractivity contribution is 6.04. The number of amides is 3. The van der Waals surface area contributed by atoms with Crippen molar-refractivity contribution in [3.05, 3.63) is 77.1 Å². The molecule has 0 bridgehead atoms. The molecular weight excluding hydrogens is 373 g/mol. The quantitative estimate of drug-likeness (QED) is 0.732. The van der Waals surface area contributed by atoms with Gasteiger partial charge in [0.05, 0.1) is 13.2 Å². The highest BCUT2D eigenvalue weighted by atomic mass is 19.1. The van der Waals surface area contributed by atoms with Gasteiger partial charge in [0.15, 0.2) is 0 Å². The van der Waals surface area contributed by atoms with Crippen LogP contribution in [0.5, 0.6) is 0 Å². The molecule has 29 heavy (non-hydrogen) atoms. The molecule has 1 heterocycles. The van der Waals surface area contributed by atoms with Crippen molar-refractivity contribution in [1.29, 1.82) is 0 Å². The lowest BCUT2D eigenvalue weighted by Crippen LogP contribution is -2.38. The van der Waals surface area contributed by atoms with Crippen molar-refractivity contribution in [2.45, 2.75) is 13.0 Å². The summed E-state index contributed by atoms with van der Waals surface area (Å²) in [7, 11) is 1.74. The number of likely N-dealkylation sites (N-methyl/N-ethyl adjacent to an activating group) is 1. The molecule has 3 amide bonds. The molecule has 6 nitrogen and oxygen atoms in total. The number of anilines is 1. The first-order chi connectivity index (χ1) is 14.0. The lowest BCUT2D eigenvalue weighted by atomic mass is 10.1. The summed E-state index contributed by atoms with van der Waals surface area (Å²) >= 11 is 0. The molecule has 1 aliphatic heterocycles. The summed E-state index contributed by atoms with van der Waals surface area (Å²) in [6.45, 7) is 2.20. The van der Waals surface area contributed by atoms with E-state index in [9.17, 15) is 14.0 Å². The smallest absolute Gasteiger partial charge is 0.317 e. The van der Waals surface area contributed by atoms with E-state index in [2.05, 4.69) is 16.7 Å². The number of hydrogen-bond acceptors (Lipinski definition) is 3. The Morgan fingerprint density at radius 3 is 2.48 bits per heavy atom. The van der Waals surface area contributed by atoms with Crippen molar-refractivity contribution in [1.82, 2.24) is 10.2 Å². The number of hydrogen-bond donors (Lipinski definition) is 2. The maximum absolute atomic E-state index is 12.9. The summed E-state index contributed by atoms with van der Waals surface area (Å²) < 4.78 is 18.3. The number of urea groups is 1. The first-order valence-electron chi connectivity index (χ1n) is 9.42. The van der Waals surface area contributed by atoms with E-state index in [0.29, 0.717) is 30.9 Å². The third-order valence-electron chi connectivity index (χ3n) is 4.53. The fourth-order valence-corrected chi connectivity index (χ4v) is 2.92. The number of benzene rings is 2. The summed E-state index contributed by atoms with van der Waals surface area (Å²) in [4.78, 5) is 26.1. The summed E-state index contributed by atoms with van der Waals surface area (Å²) in [6, 6.07) is 12.4. The number of nitrogens with zero attached hydrogens (tertiary/aromatic N) is 1. The van der Waals surface area contributed by atoms with E-state index in [-0.39, 0.29) is 17.8 Å². The summed E-state index contributed by atoms with van der Waals surface area (Å²) in [6.07, 6.45) is 2.99. The molecule has 0 atom stereocenters. The molecule has 0 spiro atoms. The molecule has 0 saturated carbocycles. The van der Waals surface area contributed by atoms with Crippen LogP contribution in [-0.4, -0.2) is 43.6 Å². The first kappa shape index (κ1) is 20.5. The molecule has 7 heteroatoms. The van der Waals surface area contributed by atoms with Crippen LogP contribution in [-0.2, 0) is 11.3 Å². The number of ether oxygens (including phenoxy) is 1. The molecule has 2 aromatic rings. The Hall–Kier alpha value is -3.19. The molecule has 0 unspecified atom stereocenters. The van der Waals surface area contributed by atoms with Crippen LogP contribution in [0.15, 0.2) is 60.2 Å². The molecular formula is C22H24FN3O3. The third-order valence-corrected chi connectivity index (χ3v) is 4.53. The largest absolute Gasteiger partial charge is 0.377 e. The first-order valence-corrected chi connectivity index (χ1v) is 9.42. The van der Waals surface area contributed by atoms with Gasteiger partial charge in [-0.2, -0.15) is 0 Å². The molecule has 1 aliphatic rings. The van der Waals surface area contributed by atoms with Gasteiger partial charge in [-0.15, -0.1) is 0 Å². The topological polar surface area (TPSA) is 70.7 Å². The number of halogens is 1. The minimum Gasteiger partial charge on any atom is -0.377 e. The van der Waals surface area contributed by atoms with Gasteiger partial charge in [-0.25, -0.2) is 9.18 Å². The zero-order valence-corrected chi connectivity index (χ0v) is 16.3. The minimum absolute atomic E-state index is 0.172. The molecule has 152 valence electrons. The van der Waals surface area contributed by atoms with Crippen molar-refractivity contribution >= 4 is 17.6 Å². The highest BCUT2D eigenvalue weighted by Crippen LogP contribution is 2.12. The van der Waals surface area contributed by atoms with Gasteiger partial charge in [-0.1, -0.05) is 18.2 Å². The average Bonchev–Trinajstić information content (AvgIpc) is 2.74. The van der Waals surface area contributed by atoms with E-state index in [0.717, 1.165) is 24.2 Å². The Morgan fingerprint density at radius 2 is 1.83 bits per heavy atom. The van der Waals surface area contributed by atoms with Crippen molar-refractivity contribution in [2.75, 3.05) is 32.1 Å². The van der Waals surface area contributed by atoms with Crippen molar-refractivity contribution < 1.29 is 18.7 Å². The van der Waals surface area contributed by atoms with Crippen LogP contribution >= 0.6 is 0 Å². The molecule has 0 saturated heterocycles. The fourth-order valence-electron chi connectivity index (χ4n) is 2.92. The van der Waals surface area contributed by atoms with E-state index in [1.54, 1.807) is 36.2 Å². The van der Waals surface area contributed by atoms with E-state index < -0.39 is 0 Å². The zero-order valence-electron chi connectivity index (χ0n) is 16.3. The molecule has 0 fully saturated rings. The molecule has 0 aliphatic carbocycles. The van der Waals surface area contributed by atoms with Crippen LogP contribution in [0.25, 0.3) is 0 Å². The average molecular weight is 397 g/mol. The standard InChI is InChI=1S/C22H24FN3O3/c1-26(14-17-3-2-12-29-15-17)22(28)24-13-16-4-6-18(7-5-16)21(27)25-20-10-8-19(23)9-11-20/h3-11H,2,12-15H2,1H3,(H,24,28)(H,25,27). The normalized spacial score (nSPS) is 13.4. The van der Waals surface area contributed by atoms with Gasteiger partial charge < -0.3 is 20.3 Å². The zero-order chi connectivity index (χ0) is 20.6. The second kappa shape index (κ2) is 9.84. The number of rotatable bonds is 6. The predicted octanol–water partition coefficient (Wildman–Crippen LogP) is 3.57. The highest BCUT2D eigenvalue weighted by Gasteiger charge is 2.12. The van der Waals surface area contributed by atoms with E-state index in [1.165, 1.54) is 24.3 Å². The van der Waals surface area contributed by atoms with Gasteiger partial charge in [0.2, 0.25) is 0 Å². The van der Waals surface area contributed by atoms with Crippen LogP contribution in [0.4, 0.5) is 14.9 Å². The van der Waals surface area contributed by atoms with Gasteiger partial charge in [-0.05, 0) is 54.0 Å². The van der Waals surface area contributed by atoms with E-state index >= 15 is 0 Å². The van der Waals surface area contributed by atoms with Gasteiger partial charge in [0.1, 0.15) is 5.82 Å². The lowest BCUT2D eigenvalue weighted by Gasteiger charge is -2.21. The van der Waals surface area contributed by atoms with Crippen LogP contribution in [0, 0.1) is 5.82 Å². The summed E-state index contributed by atoms with van der Waals surface area (Å²) in [5, 5.41) is 5.58. The van der Waals surface area contributed by atoms with Gasteiger partial charge in [-0.3, -0.25) is 4.79 Å². The maximum atomic E-state index is 12.9. The lowest BCUT2D eigenvalue weighted by molar-refractivity contribution is 0.102.